The summed E-state index contributed by atoms with van der Waals surface area (Å²) in [6, 6.07) is 7.58. The van der Waals surface area contributed by atoms with Crippen LogP contribution in [0.15, 0.2) is 30.6 Å². The number of rotatable bonds is 4. The first-order valence-electron chi connectivity index (χ1n) is 8.94. The maximum Gasteiger partial charge on any atom is 0.189 e. The van der Waals surface area contributed by atoms with Crippen molar-refractivity contribution in [3.05, 3.63) is 46.9 Å². The summed E-state index contributed by atoms with van der Waals surface area (Å²) < 4.78 is 13.0. The van der Waals surface area contributed by atoms with E-state index in [0.29, 0.717) is 17.3 Å². The van der Waals surface area contributed by atoms with Gasteiger partial charge in [0.15, 0.2) is 23.0 Å². The van der Waals surface area contributed by atoms with Crippen LogP contribution in [0.25, 0.3) is 15.9 Å². The third-order valence-electron chi connectivity index (χ3n) is 4.95. The highest BCUT2D eigenvalue weighted by molar-refractivity contribution is 7.19. The van der Waals surface area contributed by atoms with Crippen molar-refractivity contribution in [1.82, 2.24) is 19.6 Å². The number of thiophene rings is 1. The third-order valence-corrected chi connectivity index (χ3v) is 6.09. The second-order valence-electron chi connectivity index (χ2n) is 6.80. The number of hydrogen-bond acceptors (Lipinski definition) is 6. The molecule has 7 nitrogen and oxygen atoms in total. The average Bonchev–Trinajstić information content (AvgIpc) is 3.26. The van der Waals surface area contributed by atoms with Gasteiger partial charge < -0.3 is 14.4 Å². The molecule has 0 radical (unpaired) electrons. The Morgan fingerprint density at radius 1 is 1.26 bits per heavy atom. The zero-order valence-electron chi connectivity index (χ0n) is 15.2. The SMILES string of the molecule is COc1ccccc1OCc1nc2c3c4c(sc3ncn2n1)C[NH+](C)CC4. The van der Waals surface area contributed by atoms with Gasteiger partial charge in [0.05, 0.1) is 31.0 Å². The molecule has 1 atom stereocenters. The quantitative estimate of drug-likeness (QED) is 0.579. The van der Waals surface area contributed by atoms with Gasteiger partial charge in [-0.1, -0.05) is 12.1 Å². The summed E-state index contributed by atoms with van der Waals surface area (Å²) in [5.41, 5.74) is 2.26. The van der Waals surface area contributed by atoms with Crippen LogP contribution in [-0.2, 0) is 19.6 Å². The van der Waals surface area contributed by atoms with Crippen LogP contribution < -0.4 is 14.4 Å². The number of likely N-dealkylation sites (N-methyl/N-ethyl adjacent to an activating group) is 1. The molecule has 1 aliphatic heterocycles. The first-order chi connectivity index (χ1) is 13.2. The van der Waals surface area contributed by atoms with Crippen molar-refractivity contribution in [3.63, 3.8) is 0 Å². The Hall–Kier alpha value is -2.71. The van der Waals surface area contributed by atoms with Crippen molar-refractivity contribution in [3.8, 4) is 11.5 Å². The topological polar surface area (TPSA) is 66.0 Å². The fraction of sp³-hybridized carbons (Fsp3) is 0.316. The highest BCUT2D eigenvalue weighted by Crippen LogP contribution is 2.33. The molecule has 3 aromatic heterocycles. The summed E-state index contributed by atoms with van der Waals surface area (Å²) in [6.07, 6.45) is 2.80. The highest BCUT2D eigenvalue weighted by Gasteiger charge is 2.24. The summed E-state index contributed by atoms with van der Waals surface area (Å²) in [7, 11) is 3.87. The molecule has 1 aromatic carbocycles. The molecule has 138 valence electrons. The maximum atomic E-state index is 5.88. The third kappa shape index (κ3) is 2.81. The van der Waals surface area contributed by atoms with Crippen LogP contribution in [0, 0.1) is 0 Å². The Morgan fingerprint density at radius 2 is 2.11 bits per heavy atom. The Bertz CT molecular complexity index is 1140. The second-order valence-corrected chi connectivity index (χ2v) is 7.88. The second kappa shape index (κ2) is 6.47. The van der Waals surface area contributed by atoms with Crippen LogP contribution in [0.5, 0.6) is 11.5 Å². The standard InChI is InChI=1S/C19H19N5O2S/c1-23-8-7-12-15(9-23)27-19-17(12)18-21-16(22-24(18)11-20-19)10-26-14-6-4-3-5-13(14)25-2/h3-6,11H,7-10H2,1-2H3/p+1. The largest absolute Gasteiger partial charge is 0.493 e. The molecule has 4 aromatic rings. The van der Waals surface area contributed by atoms with E-state index < -0.39 is 0 Å². The molecule has 27 heavy (non-hydrogen) atoms. The van der Waals surface area contributed by atoms with Gasteiger partial charge in [-0.3, -0.25) is 0 Å². The van der Waals surface area contributed by atoms with Gasteiger partial charge in [0.2, 0.25) is 0 Å². The van der Waals surface area contributed by atoms with Gasteiger partial charge in [0.25, 0.3) is 0 Å². The molecule has 5 rings (SSSR count). The Balaban J connectivity index is 1.51. The molecule has 0 saturated carbocycles. The number of ether oxygens (including phenoxy) is 2. The maximum absolute atomic E-state index is 5.88. The van der Waals surface area contributed by atoms with Crippen LogP contribution in [-0.4, -0.2) is 40.3 Å². The Labute approximate surface area is 160 Å². The van der Waals surface area contributed by atoms with Crippen molar-refractivity contribution >= 4 is 27.2 Å². The van der Waals surface area contributed by atoms with Crippen LogP contribution >= 0.6 is 11.3 Å². The van der Waals surface area contributed by atoms with Crippen LogP contribution in [0.2, 0.25) is 0 Å². The summed E-state index contributed by atoms with van der Waals surface area (Å²) in [5, 5.41) is 5.71. The van der Waals surface area contributed by atoms with E-state index in [4.69, 9.17) is 14.5 Å². The number of hydrogen-bond donors (Lipinski definition) is 1. The first-order valence-corrected chi connectivity index (χ1v) is 9.76. The van der Waals surface area contributed by atoms with Gasteiger partial charge in [-0.05, 0) is 17.7 Å². The van der Waals surface area contributed by atoms with Gasteiger partial charge in [0, 0.05) is 6.42 Å². The number of quaternary nitrogens is 1. The fourth-order valence-corrected chi connectivity index (χ4v) is 4.89. The minimum absolute atomic E-state index is 0.281. The minimum atomic E-state index is 0.281. The molecule has 0 bridgehead atoms. The lowest BCUT2D eigenvalue weighted by atomic mass is 10.1. The monoisotopic (exact) mass is 382 g/mol. The van der Waals surface area contributed by atoms with E-state index >= 15 is 0 Å². The van der Waals surface area contributed by atoms with E-state index in [-0.39, 0.29) is 6.61 Å². The smallest absolute Gasteiger partial charge is 0.189 e. The molecule has 1 N–H and O–H groups in total. The highest BCUT2D eigenvalue weighted by atomic mass is 32.1. The Morgan fingerprint density at radius 3 is 2.96 bits per heavy atom. The van der Waals surface area contributed by atoms with E-state index in [2.05, 4.69) is 17.1 Å². The molecule has 0 fully saturated rings. The zero-order chi connectivity index (χ0) is 18.4. The number of nitrogens with zero attached hydrogens (tertiary/aromatic N) is 4. The van der Waals surface area contributed by atoms with Gasteiger partial charge in [-0.2, -0.15) is 0 Å². The van der Waals surface area contributed by atoms with Crippen molar-refractivity contribution < 1.29 is 14.4 Å². The molecule has 0 aliphatic carbocycles. The van der Waals surface area contributed by atoms with Crippen molar-refractivity contribution in [2.24, 2.45) is 0 Å². The number of para-hydroxylation sites is 2. The summed E-state index contributed by atoms with van der Waals surface area (Å²) in [5.74, 6) is 2.01. The summed E-state index contributed by atoms with van der Waals surface area (Å²) in [4.78, 5) is 13.4. The molecular weight excluding hydrogens is 362 g/mol. The molecule has 1 aliphatic rings. The van der Waals surface area contributed by atoms with Crippen molar-refractivity contribution in [1.29, 1.82) is 0 Å². The molecule has 4 heterocycles. The van der Waals surface area contributed by atoms with Gasteiger partial charge in [-0.15, -0.1) is 16.4 Å². The van der Waals surface area contributed by atoms with E-state index in [1.807, 2.05) is 24.3 Å². The lowest BCUT2D eigenvalue weighted by molar-refractivity contribution is -0.895. The average molecular weight is 382 g/mol. The number of fused-ring (bicyclic) bond motifs is 5. The summed E-state index contributed by atoms with van der Waals surface area (Å²) in [6.45, 7) is 2.47. The lowest BCUT2D eigenvalue weighted by Crippen LogP contribution is -3.08. The molecule has 8 heteroatoms. The van der Waals surface area contributed by atoms with E-state index in [0.717, 1.165) is 35.4 Å². The van der Waals surface area contributed by atoms with E-state index in [1.165, 1.54) is 15.3 Å². The van der Waals surface area contributed by atoms with Crippen molar-refractivity contribution in [2.45, 2.75) is 19.6 Å². The predicted octanol–water partition coefficient (Wildman–Crippen LogP) is 1.50. The Kier molecular flexibility index (Phi) is 3.95. The molecule has 0 amide bonds. The molecule has 1 unspecified atom stereocenters. The predicted molar refractivity (Wildman–Crippen MR) is 103 cm³/mol. The minimum Gasteiger partial charge on any atom is -0.493 e. The number of methoxy groups -OCH3 is 1. The van der Waals surface area contributed by atoms with E-state index in [9.17, 15) is 0 Å². The molecule has 0 saturated heterocycles. The lowest BCUT2D eigenvalue weighted by Gasteiger charge is -2.19. The number of nitrogens with one attached hydrogen (secondary N) is 1. The molecule has 0 spiro atoms. The molecular formula is C19H20N5O2S+. The summed E-state index contributed by atoms with van der Waals surface area (Å²) >= 11 is 1.78. The number of aromatic nitrogens is 4. The van der Waals surface area contributed by atoms with Crippen molar-refractivity contribution in [2.75, 3.05) is 20.7 Å². The first kappa shape index (κ1) is 16.5. The van der Waals surface area contributed by atoms with Crippen LogP contribution in [0.1, 0.15) is 16.3 Å². The van der Waals surface area contributed by atoms with Gasteiger partial charge in [-0.25, -0.2) is 14.5 Å². The van der Waals surface area contributed by atoms with Crippen LogP contribution in [0.3, 0.4) is 0 Å². The normalized spacial score (nSPS) is 16.6. The van der Waals surface area contributed by atoms with E-state index in [1.54, 1.807) is 29.3 Å². The number of benzene rings is 1. The van der Waals surface area contributed by atoms with Gasteiger partial charge >= 0.3 is 0 Å². The van der Waals surface area contributed by atoms with Crippen LogP contribution in [0.4, 0.5) is 0 Å². The zero-order valence-corrected chi connectivity index (χ0v) is 16.0. The van der Waals surface area contributed by atoms with Gasteiger partial charge in [0.1, 0.15) is 24.3 Å². The fourth-order valence-electron chi connectivity index (χ4n) is 3.59.